The number of hydrogen-bond acceptors (Lipinski definition) is 3. The van der Waals surface area contributed by atoms with Crippen molar-refractivity contribution in [3.8, 4) is 11.3 Å². The first-order valence-electron chi connectivity index (χ1n) is 6.27. The van der Waals surface area contributed by atoms with Crippen LogP contribution in [0, 0.1) is 6.92 Å². The summed E-state index contributed by atoms with van der Waals surface area (Å²) in [7, 11) is 0. The van der Waals surface area contributed by atoms with Crippen LogP contribution in [0.25, 0.3) is 11.3 Å². The van der Waals surface area contributed by atoms with Gasteiger partial charge >= 0.3 is 0 Å². The fourth-order valence-electron chi connectivity index (χ4n) is 1.82. The Morgan fingerprint density at radius 3 is 2.79 bits per heavy atom. The van der Waals surface area contributed by atoms with Crippen molar-refractivity contribution in [3.05, 3.63) is 47.7 Å². The molecule has 4 heteroatoms. The van der Waals surface area contributed by atoms with Crippen molar-refractivity contribution < 1.29 is 14.3 Å². The van der Waals surface area contributed by atoms with Crippen molar-refractivity contribution in [2.24, 2.45) is 0 Å². The molecule has 0 spiro atoms. The molecule has 1 aromatic carbocycles. The Morgan fingerprint density at radius 2 is 2.05 bits per heavy atom. The summed E-state index contributed by atoms with van der Waals surface area (Å²) in [6.07, 6.45) is 0.539. The molecule has 0 fully saturated rings. The lowest BCUT2D eigenvalue weighted by Gasteiger charge is -2.02. The zero-order valence-corrected chi connectivity index (χ0v) is 10.8. The van der Waals surface area contributed by atoms with Crippen LogP contribution in [0.3, 0.4) is 0 Å². The van der Waals surface area contributed by atoms with Gasteiger partial charge in [-0.2, -0.15) is 0 Å². The molecular weight excluding hydrogens is 242 g/mol. The molecule has 0 atom stereocenters. The van der Waals surface area contributed by atoms with Crippen LogP contribution in [0.4, 0.5) is 0 Å². The molecule has 0 bridgehead atoms. The maximum absolute atomic E-state index is 11.8. The Bertz CT molecular complexity index is 560. The summed E-state index contributed by atoms with van der Waals surface area (Å²) in [5.41, 5.74) is 2.08. The highest BCUT2D eigenvalue weighted by molar-refractivity contribution is 5.92. The summed E-state index contributed by atoms with van der Waals surface area (Å²) in [6.45, 7) is 2.50. The van der Waals surface area contributed by atoms with Crippen molar-refractivity contribution in [2.75, 3.05) is 13.2 Å². The van der Waals surface area contributed by atoms with E-state index in [0.717, 1.165) is 11.1 Å². The zero-order valence-electron chi connectivity index (χ0n) is 10.8. The third-order valence-electron chi connectivity index (χ3n) is 2.86. The third kappa shape index (κ3) is 3.23. The smallest absolute Gasteiger partial charge is 0.287 e. The van der Waals surface area contributed by atoms with Gasteiger partial charge in [-0.25, -0.2) is 0 Å². The average Bonchev–Trinajstić information content (AvgIpc) is 2.89. The van der Waals surface area contributed by atoms with E-state index >= 15 is 0 Å². The summed E-state index contributed by atoms with van der Waals surface area (Å²) >= 11 is 0. The van der Waals surface area contributed by atoms with Gasteiger partial charge in [0.15, 0.2) is 5.76 Å². The van der Waals surface area contributed by atoms with Gasteiger partial charge < -0.3 is 14.8 Å². The van der Waals surface area contributed by atoms with Crippen LogP contribution in [0.2, 0.25) is 0 Å². The van der Waals surface area contributed by atoms with Gasteiger partial charge in [-0.15, -0.1) is 0 Å². The molecule has 100 valence electrons. The molecule has 1 aromatic heterocycles. The molecule has 2 N–H and O–H groups in total. The third-order valence-corrected chi connectivity index (χ3v) is 2.86. The molecule has 0 saturated heterocycles. The molecule has 0 aliphatic carbocycles. The maximum Gasteiger partial charge on any atom is 0.287 e. The standard InChI is InChI=1S/C15H17NO3/c1-11-5-2-3-6-12(11)13-7-8-14(19-13)15(18)16-9-4-10-17/h2-3,5-8,17H,4,9-10H2,1H3,(H,16,18). The van der Waals surface area contributed by atoms with Crippen molar-refractivity contribution in [3.63, 3.8) is 0 Å². The monoisotopic (exact) mass is 259 g/mol. The topological polar surface area (TPSA) is 62.5 Å². The van der Waals surface area contributed by atoms with E-state index in [9.17, 15) is 4.79 Å². The van der Waals surface area contributed by atoms with Crippen molar-refractivity contribution in [2.45, 2.75) is 13.3 Å². The largest absolute Gasteiger partial charge is 0.451 e. The Labute approximate surface area is 112 Å². The molecule has 4 nitrogen and oxygen atoms in total. The molecule has 0 aliphatic heterocycles. The first-order valence-corrected chi connectivity index (χ1v) is 6.27. The molecule has 0 radical (unpaired) electrons. The van der Waals surface area contributed by atoms with E-state index in [1.165, 1.54) is 0 Å². The summed E-state index contributed by atoms with van der Waals surface area (Å²) in [4.78, 5) is 11.8. The van der Waals surface area contributed by atoms with Gasteiger partial charge in [0.05, 0.1) is 0 Å². The number of amides is 1. The molecule has 0 saturated carbocycles. The first-order chi connectivity index (χ1) is 9.22. The highest BCUT2D eigenvalue weighted by Gasteiger charge is 2.12. The number of aliphatic hydroxyl groups excluding tert-OH is 1. The van der Waals surface area contributed by atoms with E-state index in [0.29, 0.717) is 18.7 Å². The number of aliphatic hydroxyl groups is 1. The van der Waals surface area contributed by atoms with Crippen molar-refractivity contribution in [1.82, 2.24) is 5.32 Å². The van der Waals surface area contributed by atoms with Crippen molar-refractivity contribution >= 4 is 5.91 Å². The van der Waals surface area contributed by atoms with Crippen LogP contribution >= 0.6 is 0 Å². The minimum absolute atomic E-state index is 0.0624. The minimum Gasteiger partial charge on any atom is -0.451 e. The first kappa shape index (κ1) is 13.4. The molecule has 1 heterocycles. The Kier molecular flexibility index (Phi) is 4.36. The SMILES string of the molecule is Cc1ccccc1-c1ccc(C(=O)NCCCO)o1. The number of carbonyl (C=O) groups excluding carboxylic acids is 1. The molecule has 0 unspecified atom stereocenters. The Hall–Kier alpha value is -2.07. The summed E-state index contributed by atoms with van der Waals surface area (Å²) < 4.78 is 5.57. The highest BCUT2D eigenvalue weighted by Crippen LogP contribution is 2.25. The van der Waals surface area contributed by atoms with Gasteiger partial charge in [-0.1, -0.05) is 24.3 Å². The van der Waals surface area contributed by atoms with Crippen LogP contribution < -0.4 is 5.32 Å². The number of hydrogen-bond donors (Lipinski definition) is 2. The number of nitrogens with one attached hydrogen (secondary N) is 1. The Morgan fingerprint density at radius 1 is 1.26 bits per heavy atom. The van der Waals surface area contributed by atoms with Crippen LogP contribution in [0.5, 0.6) is 0 Å². The molecule has 2 aromatic rings. The summed E-state index contributed by atoms with van der Waals surface area (Å²) in [5.74, 6) is 0.717. The second-order valence-electron chi connectivity index (χ2n) is 4.31. The van der Waals surface area contributed by atoms with Crippen LogP contribution in [-0.2, 0) is 0 Å². The lowest BCUT2D eigenvalue weighted by atomic mass is 10.1. The quantitative estimate of drug-likeness (QED) is 0.810. The molecule has 0 aliphatic rings. The maximum atomic E-state index is 11.8. The number of aryl methyl sites for hydroxylation is 1. The van der Waals surface area contributed by atoms with Gasteiger partial charge in [-0.3, -0.25) is 4.79 Å². The van der Waals surface area contributed by atoms with E-state index in [-0.39, 0.29) is 18.3 Å². The second-order valence-corrected chi connectivity index (χ2v) is 4.31. The van der Waals surface area contributed by atoms with Crippen LogP contribution in [-0.4, -0.2) is 24.2 Å². The fourth-order valence-corrected chi connectivity index (χ4v) is 1.82. The second kappa shape index (κ2) is 6.20. The minimum atomic E-state index is -0.256. The predicted molar refractivity (Wildman–Crippen MR) is 72.9 cm³/mol. The highest BCUT2D eigenvalue weighted by atomic mass is 16.3. The number of benzene rings is 1. The van der Waals surface area contributed by atoms with E-state index in [4.69, 9.17) is 9.52 Å². The van der Waals surface area contributed by atoms with Gasteiger partial charge in [0, 0.05) is 18.7 Å². The van der Waals surface area contributed by atoms with E-state index in [1.54, 1.807) is 12.1 Å². The van der Waals surface area contributed by atoms with Gasteiger partial charge in [0.2, 0.25) is 0 Å². The lowest BCUT2D eigenvalue weighted by molar-refractivity contribution is 0.0924. The summed E-state index contributed by atoms with van der Waals surface area (Å²) in [5, 5.41) is 11.3. The van der Waals surface area contributed by atoms with Gasteiger partial charge in [0.1, 0.15) is 5.76 Å². The van der Waals surface area contributed by atoms with Crippen molar-refractivity contribution in [1.29, 1.82) is 0 Å². The molecule has 2 rings (SSSR count). The normalized spacial score (nSPS) is 10.4. The van der Waals surface area contributed by atoms with Gasteiger partial charge in [-0.05, 0) is 31.0 Å². The fraction of sp³-hybridized carbons (Fsp3) is 0.267. The van der Waals surface area contributed by atoms with Crippen LogP contribution in [0.1, 0.15) is 22.5 Å². The average molecular weight is 259 g/mol. The lowest BCUT2D eigenvalue weighted by Crippen LogP contribution is -2.24. The number of rotatable bonds is 5. The molecule has 1 amide bonds. The zero-order chi connectivity index (χ0) is 13.7. The van der Waals surface area contributed by atoms with E-state index in [2.05, 4.69) is 5.32 Å². The molecule has 19 heavy (non-hydrogen) atoms. The number of furan rings is 1. The van der Waals surface area contributed by atoms with Crippen LogP contribution in [0.15, 0.2) is 40.8 Å². The number of carbonyl (C=O) groups is 1. The Balaban J connectivity index is 2.11. The van der Waals surface area contributed by atoms with Gasteiger partial charge in [0.25, 0.3) is 5.91 Å². The summed E-state index contributed by atoms with van der Waals surface area (Å²) in [6, 6.07) is 11.3. The van der Waals surface area contributed by atoms with E-state index < -0.39 is 0 Å². The van der Waals surface area contributed by atoms with E-state index in [1.807, 2.05) is 31.2 Å². The predicted octanol–water partition coefficient (Wildman–Crippen LogP) is 2.37. The molecular formula is C15H17NO3.